The monoisotopic (exact) mass is 312 g/mol. The number of ether oxygens (including phenoxy) is 1. The average molecular weight is 312 g/mol. The van der Waals surface area contributed by atoms with Gasteiger partial charge in [0.1, 0.15) is 17.5 Å². The predicted molar refractivity (Wildman–Crippen MR) is 86.6 cm³/mol. The summed E-state index contributed by atoms with van der Waals surface area (Å²) in [6.45, 7) is 3.49. The third kappa shape index (κ3) is 3.68. The Kier molecular flexibility index (Phi) is 4.57. The molecular formula is C18H20N2O3. The van der Waals surface area contributed by atoms with Gasteiger partial charge in [0.2, 0.25) is 0 Å². The molecule has 3 rings (SSSR count). The fourth-order valence-electron chi connectivity index (χ4n) is 2.99. The molecule has 1 aromatic carbocycles. The van der Waals surface area contributed by atoms with E-state index in [2.05, 4.69) is 11.1 Å². The Labute approximate surface area is 135 Å². The summed E-state index contributed by atoms with van der Waals surface area (Å²) in [5.74, 6) is 0.766. The Morgan fingerprint density at radius 1 is 1.43 bits per heavy atom. The second-order valence-corrected chi connectivity index (χ2v) is 5.86. The maximum Gasteiger partial charge on any atom is 0.320 e. The SMILES string of the molecule is Cc1cc(CN2CCCC2C(=O)O)ccc1Oc1cccnc1. The van der Waals surface area contributed by atoms with E-state index >= 15 is 0 Å². The number of benzene rings is 1. The van der Waals surface area contributed by atoms with Crippen molar-refractivity contribution in [1.29, 1.82) is 0 Å². The lowest BCUT2D eigenvalue weighted by molar-refractivity contribution is -0.142. The van der Waals surface area contributed by atoms with Crippen molar-refractivity contribution in [2.24, 2.45) is 0 Å². The normalized spacial score (nSPS) is 18.0. The number of aromatic nitrogens is 1. The van der Waals surface area contributed by atoms with Crippen LogP contribution >= 0.6 is 0 Å². The van der Waals surface area contributed by atoms with Gasteiger partial charge in [0.05, 0.1) is 6.20 Å². The summed E-state index contributed by atoms with van der Waals surface area (Å²) in [6.07, 6.45) is 5.06. The van der Waals surface area contributed by atoms with Crippen molar-refractivity contribution in [3.63, 3.8) is 0 Å². The van der Waals surface area contributed by atoms with E-state index in [1.54, 1.807) is 12.4 Å². The summed E-state index contributed by atoms with van der Waals surface area (Å²) >= 11 is 0. The highest BCUT2D eigenvalue weighted by atomic mass is 16.5. The number of carboxylic acids is 1. The minimum atomic E-state index is -0.726. The van der Waals surface area contributed by atoms with Crippen LogP contribution in [0.4, 0.5) is 0 Å². The molecular weight excluding hydrogens is 292 g/mol. The molecule has 120 valence electrons. The maximum absolute atomic E-state index is 11.3. The first-order valence-electron chi connectivity index (χ1n) is 7.78. The zero-order valence-corrected chi connectivity index (χ0v) is 13.1. The molecule has 2 heterocycles. The zero-order chi connectivity index (χ0) is 16.2. The standard InChI is InChI=1S/C18H20N2O3/c1-13-10-14(12-20-9-3-5-16(20)18(21)22)6-7-17(13)23-15-4-2-8-19-11-15/h2,4,6-8,10-11,16H,3,5,9,12H2,1H3,(H,21,22). The van der Waals surface area contributed by atoms with E-state index in [9.17, 15) is 9.90 Å². The molecule has 1 N–H and O–H groups in total. The number of hydrogen-bond acceptors (Lipinski definition) is 4. The van der Waals surface area contributed by atoms with Gasteiger partial charge in [0, 0.05) is 12.7 Å². The Hall–Kier alpha value is -2.40. The number of carbonyl (C=O) groups is 1. The van der Waals surface area contributed by atoms with Gasteiger partial charge in [-0.1, -0.05) is 12.1 Å². The molecule has 5 heteroatoms. The van der Waals surface area contributed by atoms with Crippen molar-refractivity contribution in [2.75, 3.05) is 6.54 Å². The van der Waals surface area contributed by atoms with Crippen molar-refractivity contribution >= 4 is 5.97 Å². The van der Waals surface area contributed by atoms with Crippen LogP contribution in [-0.4, -0.2) is 33.5 Å². The molecule has 0 spiro atoms. The Bertz CT molecular complexity index is 688. The van der Waals surface area contributed by atoms with Gasteiger partial charge in [-0.2, -0.15) is 0 Å². The molecule has 1 saturated heterocycles. The van der Waals surface area contributed by atoms with E-state index in [0.29, 0.717) is 12.3 Å². The second kappa shape index (κ2) is 6.79. The molecule has 1 aromatic heterocycles. The molecule has 5 nitrogen and oxygen atoms in total. The van der Waals surface area contributed by atoms with E-state index in [-0.39, 0.29) is 6.04 Å². The van der Waals surface area contributed by atoms with Gasteiger partial charge in [-0.25, -0.2) is 0 Å². The first-order valence-corrected chi connectivity index (χ1v) is 7.78. The van der Waals surface area contributed by atoms with Crippen LogP contribution in [-0.2, 0) is 11.3 Å². The van der Waals surface area contributed by atoms with Gasteiger partial charge in [-0.3, -0.25) is 14.7 Å². The predicted octanol–water partition coefficient (Wildman–Crippen LogP) is 3.23. The fourth-order valence-corrected chi connectivity index (χ4v) is 2.99. The van der Waals surface area contributed by atoms with Gasteiger partial charge in [0.25, 0.3) is 0 Å². The molecule has 0 amide bonds. The van der Waals surface area contributed by atoms with Crippen LogP contribution in [0, 0.1) is 6.92 Å². The molecule has 0 bridgehead atoms. The second-order valence-electron chi connectivity index (χ2n) is 5.86. The van der Waals surface area contributed by atoms with Crippen molar-refractivity contribution in [1.82, 2.24) is 9.88 Å². The maximum atomic E-state index is 11.3. The van der Waals surface area contributed by atoms with Gasteiger partial charge in [-0.05, 0) is 55.6 Å². The van der Waals surface area contributed by atoms with E-state index in [1.165, 1.54) is 0 Å². The number of rotatable bonds is 5. The number of aryl methyl sites for hydroxylation is 1. The molecule has 1 unspecified atom stereocenters. The zero-order valence-electron chi connectivity index (χ0n) is 13.1. The fraction of sp³-hybridized carbons (Fsp3) is 0.333. The number of aliphatic carboxylic acids is 1. The smallest absolute Gasteiger partial charge is 0.320 e. The molecule has 1 atom stereocenters. The number of nitrogens with zero attached hydrogens (tertiary/aromatic N) is 2. The lowest BCUT2D eigenvalue weighted by Crippen LogP contribution is -2.35. The number of hydrogen-bond donors (Lipinski definition) is 1. The first kappa shape index (κ1) is 15.5. The number of pyridine rings is 1. The lowest BCUT2D eigenvalue weighted by atomic mass is 10.1. The van der Waals surface area contributed by atoms with Crippen molar-refractivity contribution < 1.29 is 14.6 Å². The molecule has 0 saturated carbocycles. The molecule has 0 radical (unpaired) electrons. The van der Waals surface area contributed by atoms with Crippen LogP contribution in [0.25, 0.3) is 0 Å². The van der Waals surface area contributed by atoms with E-state index in [0.717, 1.165) is 36.3 Å². The summed E-state index contributed by atoms with van der Waals surface area (Å²) in [6, 6.07) is 9.32. The molecule has 1 fully saturated rings. The molecule has 0 aliphatic carbocycles. The topological polar surface area (TPSA) is 62.7 Å². The Balaban J connectivity index is 1.71. The van der Waals surface area contributed by atoms with Crippen LogP contribution in [0.5, 0.6) is 11.5 Å². The first-order chi connectivity index (χ1) is 11.1. The molecule has 2 aromatic rings. The average Bonchev–Trinajstić information content (AvgIpc) is 2.99. The molecule has 1 aliphatic heterocycles. The lowest BCUT2D eigenvalue weighted by Gasteiger charge is -2.21. The number of carboxylic acid groups (broad SMARTS) is 1. The minimum absolute atomic E-state index is 0.360. The summed E-state index contributed by atoms with van der Waals surface area (Å²) < 4.78 is 5.82. The van der Waals surface area contributed by atoms with Crippen LogP contribution in [0.15, 0.2) is 42.7 Å². The van der Waals surface area contributed by atoms with Crippen LogP contribution in [0.2, 0.25) is 0 Å². The summed E-state index contributed by atoms with van der Waals surface area (Å²) in [5, 5.41) is 9.26. The van der Waals surface area contributed by atoms with Gasteiger partial charge in [-0.15, -0.1) is 0 Å². The van der Waals surface area contributed by atoms with E-state index in [4.69, 9.17) is 4.74 Å². The molecule has 23 heavy (non-hydrogen) atoms. The van der Waals surface area contributed by atoms with Crippen LogP contribution in [0.1, 0.15) is 24.0 Å². The summed E-state index contributed by atoms with van der Waals surface area (Å²) in [4.78, 5) is 17.3. The highest BCUT2D eigenvalue weighted by Crippen LogP contribution is 2.27. The van der Waals surface area contributed by atoms with Crippen molar-refractivity contribution in [3.8, 4) is 11.5 Å². The summed E-state index contributed by atoms with van der Waals surface area (Å²) in [5.41, 5.74) is 2.13. The molecule has 1 aliphatic rings. The quantitative estimate of drug-likeness (QED) is 0.918. The van der Waals surface area contributed by atoms with Gasteiger partial charge < -0.3 is 9.84 Å². The van der Waals surface area contributed by atoms with Gasteiger partial charge >= 0.3 is 5.97 Å². The van der Waals surface area contributed by atoms with E-state index < -0.39 is 5.97 Å². The Morgan fingerprint density at radius 2 is 2.30 bits per heavy atom. The Morgan fingerprint density at radius 3 is 3.00 bits per heavy atom. The third-order valence-corrected chi connectivity index (χ3v) is 4.14. The van der Waals surface area contributed by atoms with Crippen molar-refractivity contribution in [3.05, 3.63) is 53.9 Å². The van der Waals surface area contributed by atoms with Gasteiger partial charge in [0.15, 0.2) is 0 Å². The minimum Gasteiger partial charge on any atom is -0.480 e. The largest absolute Gasteiger partial charge is 0.480 e. The highest BCUT2D eigenvalue weighted by Gasteiger charge is 2.30. The number of likely N-dealkylation sites (tertiary alicyclic amines) is 1. The highest BCUT2D eigenvalue weighted by molar-refractivity contribution is 5.73. The van der Waals surface area contributed by atoms with Crippen LogP contribution in [0.3, 0.4) is 0 Å². The third-order valence-electron chi connectivity index (χ3n) is 4.14. The van der Waals surface area contributed by atoms with E-state index in [1.807, 2.05) is 36.1 Å². The van der Waals surface area contributed by atoms with Crippen LogP contribution < -0.4 is 4.74 Å². The summed E-state index contributed by atoms with van der Waals surface area (Å²) in [7, 11) is 0. The van der Waals surface area contributed by atoms with Crippen molar-refractivity contribution in [2.45, 2.75) is 32.4 Å².